The van der Waals surface area contributed by atoms with Gasteiger partial charge in [0.25, 0.3) is 0 Å². The fraction of sp³-hybridized carbons (Fsp3) is 0.364. The van der Waals surface area contributed by atoms with Crippen molar-refractivity contribution < 1.29 is 39.0 Å². The number of aryl methyl sites for hydroxylation is 1. The minimum atomic E-state index is 0. The smallest absolute Gasteiger partial charge is 0.473 e. The quantitative estimate of drug-likeness (QED) is 0.244. The SMILES string of the molecule is C1CCOC1.[CH2-]Cc1cc(OCC(=Nc2ccc(C)nc2)/C(C)=N\N)ncc1[CH2-].[Na+]. The molecule has 1 aliphatic rings. The van der Waals surface area contributed by atoms with E-state index in [4.69, 9.17) is 15.3 Å². The second-order valence-corrected chi connectivity index (χ2v) is 6.58. The summed E-state index contributed by atoms with van der Waals surface area (Å²) in [5, 5.41) is 3.71. The van der Waals surface area contributed by atoms with Gasteiger partial charge in [-0.1, -0.05) is 12.3 Å². The molecule has 0 bridgehead atoms. The Balaban J connectivity index is 0.000000655. The Morgan fingerprint density at radius 3 is 2.50 bits per heavy atom. The molecule has 1 saturated heterocycles. The number of hydrogen-bond acceptors (Lipinski definition) is 7. The number of aliphatic imine (C=N–C) groups is 1. The molecule has 7 nitrogen and oxygen atoms in total. The van der Waals surface area contributed by atoms with Gasteiger partial charge in [0, 0.05) is 18.9 Å². The van der Waals surface area contributed by atoms with Gasteiger partial charge in [0.15, 0.2) is 5.88 Å². The molecule has 3 rings (SSSR count). The van der Waals surface area contributed by atoms with Crippen LogP contribution in [-0.2, 0) is 11.2 Å². The van der Waals surface area contributed by atoms with Crippen LogP contribution in [0, 0.1) is 20.8 Å². The summed E-state index contributed by atoms with van der Waals surface area (Å²) in [5.41, 5.74) is 4.67. The van der Waals surface area contributed by atoms with Gasteiger partial charge in [0.2, 0.25) is 0 Å². The summed E-state index contributed by atoms with van der Waals surface area (Å²) in [6.07, 6.45) is 6.53. The molecule has 156 valence electrons. The van der Waals surface area contributed by atoms with Crippen LogP contribution in [0.15, 0.2) is 40.7 Å². The third-order valence-electron chi connectivity index (χ3n) is 4.28. The first kappa shape index (κ1) is 26.1. The van der Waals surface area contributed by atoms with Crippen molar-refractivity contribution in [1.29, 1.82) is 0 Å². The minimum absolute atomic E-state index is 0. The third-order valence-corrected chi connectivity index (χ3v) is 4.28. The first-order valence-corrected chi connectivity index (χ1v) is 9.59. The molecule has 2 aromatic heterocycles. The maximum Gasteiger partial charge on any atom is 1.00 e. The average molecular weight is 418 g/mol. The first-order valence-electron chi connectivity index (χ1n) is 9.59. The molecule has 0 aliphatic carbocycles. The number of hydrazone groups is 1. The van der Waals surface area contributed by atoms with Crippen LogP contribution in [0.2, 0.25) is 0 Å². The van der Waals surface area contributed by atoms with E-state index >= 15 is 0 Å². The standard InChI is InChI=1S/C18H21N5O.C4H8O.Na/c1-5-15-8-18(21-9-12(15)2)24-11-17(14(4)23-19)22-16-7-6-13(3)20-10-16;1-2-4-5-3-1;/h6-10H,1-2,5,11,19H2,3-4H3;1-4H2;/q-2;;+1/b22-17?,23-14-;;. The largest absolute Gasteiger partial charge is 1.00 e. The molecule has 0 atom stereocenters. The Morgan fingerprint density at radius 1 is 1.23 bits per heavy atom. The van der Waals surface area contributed by atoms with Crippen molar-refractivity contribution in [2.75, 3.05) is 19.8 Å². The number of nitrogens with two attached hydrogens (primary N) is 1. The zero-order valence-electron chi connectivity index (χ0n) is 18.2. The number of rotatable bonds is 6. The number of aromatic nitrogens is 2. The zero-order chi connectivity index (χ0) is 21.1. The van der Waals surface area contributed by atoms with Crippen LogP contribution in [0.25, 0.3) is 0 Å². The van der Waals surface area contributed by atoms with E-state index in [0.29, 0.717) is 29.4 Å². The van der Waals surface area contributed by atoms with Crippen LogP contribution >= 0.6 is 0 Å². The topological polar surface area (TPSA) is 95.0 Å². The van der Waals surface area contributed by atoms with E-state index < -0.39 is 0 Å². The number of ether oxygens (including phenoxy) is 2. The van der Waals surface area contributed by atoms with Crippen molar-refractivity contribution in [1.82, 2.24) is 9.97 Å². The molecule has 8 heteroatoms. The van der Waals surface area contributed by atoms with Crippen molar-refractivity contribution in [2.24, 2.45) is 15.9 Å². The summed E-state index contributed by atoms with van der Waals surface area (Å²) in [4.78, 5) is 12.9. The molecule has 0 radical (unpaired) electrons. The van der Waals surface area contributed by atoms with E-state index in [9.17, 15) is 0 Å². The Morgan fingerprint density at radius 2 is 1.97 bits per heavy atom. The van der Waals surface area contributed by atoms with Gasteiger partial charge in [-0.05, 0) is 38.8 Å². The van der Waals surface area contributed by atoms with E-state index in [1.54, 1.807) is 19.3 Å². The average Bonchev–Trinajstić information content (AvgIpc) is 3.33. The number of hydrogen-bond donors (Lipinski definition) is 1. The van der Waals surface area contributed by atoms with E-state index in [-0.39, 0.29) is 36.2 Å². The fourth-order valence-electron chi connectivity index (χ4n) is 2.44. The third kappa shape index (κ3) is 8.83. The van der Waals surface area contributed by atoms with E-state index in [1.165, 1.54) is 12.8 Å². The summed E-state index contributed by atoms with van der Waals surface area (Å²) < 4.78 is 10.7. The molecule has 0 amide bonds. The summed E-state index contributed by atoms with van der Waals surface area (Å²) in [6, 6.07) is 5.60. The van der Waals surface area contributed by atoms with Crippen LogP contribution in [0.5, 0.6) is 5.88 Å². The normalized spacial score (nSPS) is 13.8. The van der Waals surface area contributed by atoms with Gasteiger partial charge < -0.3 is 22.2 Å². The predicted octanol–water partition coefficient (Wildman–Crippen LogP) is 0.631. The summed E-state index contributed by atoms with van der Waals surface area (Å²) in [5.74, 6) is 5.88. The van der Waals surface area contributed by atoms with Gasteiger partial charge in [-0.3, -0.25) is 9.97 Å². The predicted molar refractivity (Wildman–Crippen MR) is 117 cm³/mol. The van der Waals surface area contributed by atoms with Gasteiger partial charge in [-0.25, -0.2) is 11.4 Å². The molecule has 0 aromatic carbocycles. The Kier molecular flexibility index (Phi) is 12.3. The molecule has 0 spiro atoms. The van der Waals surface area contributed by atoms with E-state index in [0.717, 1.165) is 30.0 Å². The maximum atomic E-state index is 5.73. The van der Waals surface area contributed by atoms with Crippen molar-refractivity contribution in [3.8, 4) is 5.88 Å². The monoisotopic (exact) mass is 418 g/mol. The number of nitrogens with zero attached hydrogens (tertiary/aromatic N) is 4. The van der Waals surface area contributed by atoms with E-state index in [1.807, 2.05) is 25.1 Å². The van der Waals surface area contributed by atoms with Crippen LogP contribution < -0.4 is 40.1 Å². The second kappa shape index (κ2) is 14.1. The van der Waals surface area contributed by atoms with Gasteiger partial charge in [0.05, 0.1) is 17.6 Å². The Hall–Kier alpha value is -1.93. The number of pyridine rings is 2. The molecule has 0 saturated carbocycles. The molecule has 2 aromatic rings. The van der Waals surface area contributed by atoms with Gasteiger partial charge in [0.1, 0.15) is 12.3 Å². The molecule has 30 heavy (non-hydrogen) atoms. The summed E-state index contributed by atoms with van der Waals surface area (Å²) in [7, 11) is 0. The van der Waals surface area contributed by atoms with Crippen LogP contribution in [0.4, 0.5) is 5.69 Å². The van der Waals surface area contributed by atoms with Crippen molar-refractivity contribution >= 4 is 17.1 Å². The minimum Gasteiger partial charge on any atom is -0.473 e. The molecule has 1 aliphatic heterocycles. The van der Waals surface area contributed by atoms with Gasteiger partial charge in [-0.15, -0.1) is 0 Å². The van der Waals surface area contributed by atoms with Crippen LogP contribution in [-0.4, -0.2) is 41.2 Å². The Labute approximate surface area is 201 Å². The molecule has 0 unspecified atom stereocenters. The van der Waals surface area contributed by atoms with Gasteiger partial charge in [-0.2, -0.15) is 23.2 Å². The van der Waals surface area contributed by atoms with Crippen LogP contribution in [0.3, 0.4) is 0 Å². The van der Waals surface area contributed by atoms with Crippen molar-refractivity contribution in [2.45, 2.75) is 33.1 Å². The summed E-state index contributed by atoms with van der Waals surface area (Å²) in [6.45, 7) is 13.7. The second-order valence-electron chi connectivity index (χ2n) is 6.58. The van der Waals surface area contributed by atoms with E-state index in [2.05, 4.69) is 33.9 Å². The van der Waals surface area contributed by atoms with Gasteiger partial charge >= 0.3 is 29.6 Å². The Bertz CT molecular complexity index is 826. The molecule has 3 heterocycles. The first-order chi connectivity index (χ1) is 14.0. The molecule has 2 N–H and O–H groups in total. The zero-order valence-corrected chi connectivity index (χ0v) is 20.2. The van der Waals surface area contributed by atoms with Crippen molar-refractivity contribution in [3.63, 3.8) is 0 Å². The van der Waals surface area contributed by atoms with Crippen molar-refractivity contribution in [3.05, 3.63) is 61.3 Å². The molecular formula is C22H29N5NaO2-. The molecular weight excluding hydrogens is 389 g/mol. The maximum absolute atomic E-state index is 5.73. The molecule has 1 fully saturated rings. The van der Waals surface area contributed by atoms with Crippen LogP contribution in [0.1, 0.15) is 36.6 Å². The fourth-order valence-corrected chi connectivity index (χ4v) is 2.44. The summed E-state index contributed by atoms with van der Waals surface area (Å²) >= 11 is 0.